The maximum Gasteiger partial charge on any atom is 0.243 e. The van der Waals surface area contributed by atoms with E-state index in [-0.39, 0.29) is 30.6 Å². The number of nitrogens with one attached hydrogen (secondary N) is 2. The molecule has 0 spiro atoms. The second-order valence-electron chi connectivity index (χ2n) is 6.58. The molecule has 7 heteroatoms. The molecule has 138 valence electrons. The van der Waals surface area contributed by atoms with Crippen LogP contribution in [0.15, 0.2) is 0 Å². The normalized spacial score (nSPS) is 17.8. The first-order valence-electron chi connectivity index (χ1n) is 8.89. The third kappa shape index (κ3) is 7.66. The van der Waals surface area contributed by atoms with Crippen molar-refractivity contribution >= 4 is 30.2 Å². The first-order valence-corrected chi connectivity index (χ1v) is 9.52. The van der Waals surface area contributed by atoms with E-state index >= 15 is 0 Å². The molecule has 2 atom stereocenters. The first-order chi connectivity index (χ1) is 11.5. The number of nitrogens with two attached hydrogens (primary N) is 1. The predicted octanol–water partition coefficient (Wildman–Crippen LogP) is 1.18. The fraction of sp³-hybridized carbons (Fsp3) is 0.824. The number of hydrogen-bond donors (Lipinski definition) is 4. The summed E-state index contributed by atoms with van der Waals surface area (Å²) in [6.45, 7) is 1.79. The Morgan fingerprint density at radius 3 is 2.33 bits per heavy atom. The Hall–Kier alpha value is -1.08. The van der Waals surface area contributed by atoms with Gasteiger partial charge in [0.25, 0.3) is 0 Å². The number of thiol groups is 1. The van der Waals surface area contributed by atoms with Crippen LogP contribution in [0.2, 0.25) is 0 Å². The highest BCUT2D eigenvalue weighted by Gasteiger charge is 2.27. The summed E-state index contributed by atoms with van der Waals surface area (Å²) in [5.74, 6) is 0.302. The lowest BCUT2D eigenvalue weighted by atomic mass is 9.84. The van der Waals surface area contributed by atoms with Crippen molar-refractivity contribution in [2.75, 3.05) is 12.3 Å². The topological polar surface area (TPSA) is 101 Å². The molecule has 0 bridgehead atoms. The second kappa shape index (κ2) is 11.5. The number of hydrogen-bond acceptors (Lipinski definition) is 5. The van der Waals surface area contributed by atoms with E-state index in [4.69, 9.17) is 5.73 Å². The van der Waals surface area contributed by atoms with Crippen LogP contribution >= 0.6 is 12.6 Å². The van der Waals surface area contributed by atoms with Gasteiger partial charge in [0.15, 0.2) is 5.78 Å². The van der Waals surface area contributed by atoms with E-state index in [0.29, 0.717) is 24.5 Å². The molecule has 0 aromatic carbocycles. The Bertz CT molecular complexity index is 425. The van der Waals surface area contributed by atoms with Gasteiger partial charge < -0.3 is 16.4 Å². The molecule has 0 aromatic heterocycles. The first kappa shape index (κ1) is 21.0. The van der Waals surface area contributed by atoms with Crippen molar-refractivity contribution in [2.24, 2.45) is 11.7 Å². The molecule has 4 N–H and O–H groups in total. The fourth-order valence-electron chi connectivity index (χ4n) is 3.16. The van der Waals surface area contributed by atoms with Gasteiger partial charge in [-0.3, -0.25) is 14.4 Å². The van der Waals surface area contributed by atoms with Gasteiger partial charge in [0.2, 0.25) is 11.8 Å². The summed E-state index contributed by atoms with van der Waals surface area (Å²) in [6, 6.07) is -1.18. The molecule has 24 heavy (non-hydrogen) atoms. The van der Waals surface area contributed by atoms with Crippen LogP contribution < -0.4 is 16.4 Å². The summed E-state index contributed by atoms with van der Waals surface area (Å²) in [5.41, 5.74) is 5.54. The third-order valence-electron chi connectivity index (χ3n) is 4.55. The van der Waals surface area contributed by atoms with Crippen LogP contribution in [0, 0.1) is 5.92 Å². The minimum absolute atomic E-state index is 0.0397. The molecule has 1 saturated carbocycles. The molecule has 6 nitrogen and oxygen atoms in total. The SMILES string of the molecule is CC(=O)C(CC1CCCCC1)NC(=O)C(CCN)NC(=O)CCS. The molecule has 1 rings (SSSR count). The Morgan fingerprint density at radius 2 is 1.79 bits per heavy atom. The van der Waals surface area contributed by atoms with Crippen molar-refractivity contribution in [3.05, 3.63) is 0 Å². The summed E-state index contributed by atoms with van der Waals surface area (Å²) >= 11 is 4.01. The van der Waals surface area contributed by atoms with E-state index in [0.717, 1.165) is 12.8 Å². The molecule has 0 aromatic rings. The van der Waals surface area contributed by atoms with Gasteiger partial charge in [-0.05, 0) is 38.0 Å². The van der Waals surface area contributed by atoms with E-state index < -0.39 is 12.1 Å². The lowest BCUT2D eigenvalue weighted by Crippen LogP contribution is -2.52. The van der Waals surface area contributed by atoms with Crippen LogP contribution in [0.4, 0.5) is 0 Å². The molecule has 0 aliphatic heterocycles. The van der Waals surface area contributed by atoms with Crippen LogP contribution in [-0.4, -0.2) is 42.0 Å². The molecular weight excluding hydrogens is 326 g/mol. The maximum absolute atomic E-state index is 12.5. The van der Waals surface area contributed by atoms with Gasteiger partial charge in [-0.1, -0.05) is 32.1 Å². The van der Waals surface area contributed by atoms with E-state index in [2.05, 4.69) is 23.3 Å². The van der Waals surface area contributed by atoms with Crippen LogP contribution in [0.1, 0.15) is 58.3 Å². The molecule has 1 fully saturated rings. The van der Waals surface area contributed by atoms with Crippen molar-refractivity contribution in [1.29, 1.82) is 0 Å². The average molecular weight is 358 g/mol. The van der Waals surface area contributed by atoms with Crippen LogP contribution in [0.25, 0.3) is 0 Å². The van der Waals surface area contributed by atoms with E-state index in [1.165, 1.54) is 26.2 Å². The summed E-state index contributed by atoms with van der Waals surface area (Å²) in [6.07, 6.45) is 7.14. The fourth-order valence-corrected chi connectivity index (χ4v) is 3.36. The molecule has 1 aliphatic carbocycles. The van der Waals surface area contributed by atoms with Crippen molar-refractivity contribution < 1.29 is 14.4 Å². The van der Waals surface area contributed by atoms with Gasteiger partial charge in [0.05, 0.1) is 6.04 Å². The van der Waals surface area contributed by atoms with Gasteiger partial charge in [-0.2, -0.15) is 12.6 Å². The molecular formula is C17H31N3O3S. The number of carbonyl (C=O) groups is 3. The van der Waals surface area contributed by atoms with Crippen molar-refractivity contribution in [3.63, 3.8) is 0 Å². The van der Waals surface area contributed by atoms with E-state index in [1.807, 2.05) is 0 Å². The summed E-state index contributed by atoms with van der Waals surface area (Å²) in [7, 11) is 0. The molecule has 0 radical (unpaired) electrons. The number of ketones is 1. The Balaban J connectivity index is 2.62. The lowest BCUT2D eigenvalue weighted by Gasteiger charge is -2.27. The standard InChI is InChI=1S/C17H31N3O3S/c1-12(21)15(11-13-5-3-2-4-6-13)20-17(23)14(7-9-18)19-16(22)8-10-24/h13-15,24H,2-11,18H2,1H3,(H,19,22)(H,20,23). The minimum atomic E-state index is -0.699. The highest BCUT2D eigenvalue weighted by Crippen LogP contribution is 2.27. The lowest BCUT2D eigenvalue weighted by molar-refractivity contribution is -0.131. The molecule has 0 heterocycles. The monoisotopic (exact) mass is 357 g/mol. The van der Waals surface area contributed by atoms with Gasteiger partial charge in [0, 0.05) is 6.42 Å². The van der Waals surface area contributed by atoms with Crippen LogP contribution in [-0.2, 0) is 14.4 Å². The molecule has 2 unspecified atom stereocenters. The highest BCUT2D eigenvalue weighted by molar-refractivity contribution is 7.80. The summed E-state index contributed by atoms with van der Waals surface area (Å²) in [5, 5.41) is 5.49. The quantitative estimate of drug-likeness (QED) is 0.441. The summed E-state index contributed by atoms with van der Waals surface area (Å²) in [4.78, 5) is 36.1. The zero-order chi connectivity index (χ0) is 17.9. The number of rotatable bonds is 10. The van der Waals surface area contributed by atoms with Crippen LogP contribution in [0.5, 0.6) is 0 Å². The molecule has 0 saturated heterocycles. The van der Waals surface area contributed by atoms with Crippen molar-refractivity contribution in [2.45, 2.75) is 70.4 Å². The van der Waals surface area contributed by atoms with Crippen molar-refractivity contribution in [1.82, 2.24) is 10.6 Å². The van der Waals surface area contributed by atoms with E-state index in [1.54, 1.807) is 0 Å². The number of Topliss-reactive ketones (excluding diaryl/α,β-unsaturated/α-hetero) is 1. The largest absolute Gasteiger partial charge is 0.345 e. The summed E-state index contributed by atoms with van der Waals surface area (Å²) < 4.78 is 0. The zero-order valence-electron chi connectivity index (χ0n) is 14.6. The smallest absolute Gasteiger partial charge is 0.243 e. The molecule has 2 amide bonds. The van der Waals surface area contributed by atoms with Crippen molar-refractivity contribution in [3.8, 4) is 0 Å². The maximum atomic E-state index is 12.5. The number of amides is 2. The Kier molecular flexibility index (Phi) is 10.0. The Labute approximate surface area is 150 Å². The van der Waals surface area contributed by atoms with Gasteiger partial charge in [-0.25, -0.2) is 0 Å². The molecule has 1 aliphatic rings. The zero-order valence-corrected chi connectivity index (χ0v) is 15.4. The third-order valence-corrected chi connectivity index (χ3v) is 4.77. The average Bonchev–Trinajstić information content (AvgIpc) is 2.55. The minimum Gasteiger partial charge on any atom is -0.345 e. The van der Waals surface area contributed by atoms with Gasteiger partial charge >= 0.3 is 0 Å². The Morgan fingerprint density at radius 1 is 1.12 bits per heavy atom. The van der Waals surface area contributed by atoms with Crippen LogP contribution in [0.3, 0.4) is 0 Å². The highest BCUT2D eigenvalue weighted by atomic mass is 32.1. The predicted molar refractivity (Wildman–Crippen MR) is 97.9 cm³/mol. The van der Waals surface area contributed by atoms with Gasteiger partial charge in [0.1, 0.15) is 6.04 Å². The van der Waals surface area contributed by atoms with E-state index in [9.17, 15) is 14.4 Å². The number of carbonyl (C=O) groups excluding carboxylic acids is 3. The van der Waals surface area contributed by atoms with Gasteiger partial charge in [-0.15, -0.1) is 0 Å². The second-order valence-corrected chi connectivity index (χ2v) is 7.03.